The average molecular weight is 269 g/mol. The van der Waals surface area contributed by atoms with Crippen molar-refractivity contribution in [2.45, 2.75) is 37.5 Å². The summed E-state index contributed by atoms with van der Waals surface area (Å²) in [6.07, 6.45) is 4.29. The summed E-state index contributed by atoms with van der Waals surface area (Å²) < 4.78 is 5.53. The van der Waals surface area contributed by atoms with Gasteiger partial charge in [0.1, 0.15) is 0 Å². The third-order valence-electron chi connectivity index (χ3n) is 4.56. The SMILES string of the molecule is c1ccc2c(c1)CC(c1noc(C3CCNCC3)n1)C2. The Hall–Kier alpha value is -1.68. The molecule has 0 unspecified atom stereocenters. The number of nitrogens with zero attached hydrogens (tertiary/aromatic N) is 2. The number of piperidine rings is 1. The maximum absolute atomic E-state index is 5.53. The summed E-state index contributed by atoms with van der Waals surface area (Å²) in [7, 11) is 0. The standard InChI is InChI=1S/C16H19N3O/c1-2-4-13-10-14(9-12(13)3-1)15-18-16(20-19-15)11-5-7-17-8-6-11/h1-4,11,14,17H,5-10H2. The van der Waals surface area contributed by atoms with Crippen LogP contribution in [0.15, 0.2) is 28.8 Å². The van der Waals surface area contributed by atoms with Crippen LogP contribution in [0.25, 0.3) is 0 Å². The minimum absolute atomic E-state index is 0.395. The molecule has 104 valence electrons. The second-order valence-corrected chi connectivity index (χ2v) is 5.89. The van der Waals surface area contributed by atoms with Crippen molar-refractivity contribution < 1.29 is 4.52 Å². The van der Waals surface area contributed by atoms with Gasteiger partial charge in [0, 0.05) is 11.8 Å². The molecule has 0 amide bonds. The fourth-order valence-electron chi connectivity index (χ4n) is 3.39. The van der Waals surface area contributed by atoms with E-state index in [4.69, 9.17) is 9.51 Å². The molecule has 4 rings (SSSR count). The molecular formula is C16H19N3O. The molecule has 4 nitrogen and oxygen atoms in total. The van der Waals surface area contributed by atoms with Crippen molar-refractivity contribution in [2.75, 3.05) is 13.1 Å². The zero-order valence-corrected chi connectivity index (χ0v) is 11.5. The van der Waals surface area contributed by atoms with Gasteiger partial charge in [0.05, 0.1) is 0 Å². The van der Waals surface area contributed by atoms with Crippen molar-refractivity contribution in [1.29, 1.82) is 0 Å². The highest BCUT2D eigenvalue weighted by Crippen LogP contribution is 2.33. The number of nitrogens with one attached hydrogen (secondary N) is 1. The predicted molar refractivity (Wildman–Crippen MR) is 75.7 cm³/mol. The minimum Gasteiger partial charge on any atom is -0.339 e. The van der Waals surface area contributed by atoms with Gasteiger partial charge in [-0.1, -0.05) is 29.4 Å². The molecule has 1 aliphatic carbocycles. The van der Waals surface area contributed by atoms with E-state index in [0.717, 1.165) is 50.5 Å². The lowest BCUT2D eigenvalue weighted by molar-refractivity contribution is 0.317. The Morgan fingerprint density at radius 1 is 1.00 bits per heavy atom. The van der Waals surface area contributed by atoms with Gasteiger partial charge in [-0.3, -0.25) is 0 Å². The molecule has 2 aromatic rings. The first-order valence-corrected chi connectivity index (χ1v) is 7.51. The summed E-state index contributed by atoms with van der Waals surface area (Å²) in [5.41, 5.74) is 2.87. The summed E-state index contributed by atoms with van der Waals surface area (Å²) >= 11 is 0. The second-order valence-electron chi connectivity index (χ2n) is 5.89. The topological polar surface area (TPSA) is 51.0 Å². The molecule has 1 aliphatic heterocycles. The van der Waals surface area contributed by atoms with Crippen LogP contribution in [-0.4, -0.2) is 23.2 Å². The van der Waals surface area contributed by atoms with Gasteiger partial charge in [-0.25, -0.2) is 0 Å². The van der Waals surface area contributed by atoms with Crippen LogP contribution in [0.5, 0.6) is 0 Å². The Balaban J connectivity index is 1.52. The summed E-state index contributed by atoms with van der Waals surface area (Å²) in [6, 6.07) is 8.64. The number of hydrogen-bond acceptors (Lipinski definition) is 4. The first-order chi connectivity index (χ1) is 9.90. The maximum atomic E-state index is 5.53. The quantitative estimate of drug-likeness (QED) is 0.909. The van der Waals surface area contributed by atoms with Gasteiger partial charge in [-0.05, 0) is 49.9 Å². The van der Waals surface area contributed by atoms with Gasteiger partial charge in [0.25, 0.3) is 0 Å². The van der Waals surface area contributed by atoms with E-state index in [1.807, 2.05) is 0 Å². The third kappa shape index (κ3) is 2.14. The van der Waals surface area contributed by atoms with Gasteiger partial charge < -0.3 is 9.84 Å². The molecule has 1 aromatic heterocycles. The molecular weight excluding hydrogens is 250 g/mol. The van der Waals surface area contributed by atoms with Crippen LogP contribution in [0.4, 0.5) is 0 Å². The van der Waals surface area contributed by atoms with Crippen LogP contribution < -0.4 is 5.32 Å². The van der Waals surface area contributed by atoms with Crippen molar-refractivity contribution in [3.8, 4) is 0 Å². The number of aromatic nitrogens is 2. The number of hydrogen-bond donors (Lipinski definition) is 1. The van der Waals surface area contributed by atoms with Gasteiger partial charge in [-0.15, -0.1) is 0 Å². The normalized spacial score (nSPS) is 20.2. The number of rotatable bonds is 2. The zero-order valence-electron chi connectivity index (χ0n) is 11.5. The number of fused-ring (bicyclic) bond motifs is 1. The summed E-state index contributed by atoms with van der Waals surface area (Å²) in [5, 5.41) is 7.62. The van der Waals surface area contributed by atoms with Crippen LogP contribution in [0.1, 0.15) is 47.5 Å². The van der Waals surface area contributed by atoms with Crippen LogP contribution in [0.3, 0.4) is 0 Å². The smallest absolute Gasteiger partial charge is 0.229 e. The maximum Gasteiger partial charge on any atom is 0.229 e. The fourth-order valence-corrected chi connectivity index (χ4v) is 3.39. The van der Waals surface area contributed by atoms with E-state index in [0.29, 0.717) is 11.8 Å². The summed E-state index contributed by atoms with van der Waals surface area (Å²) in [4.78, 5) is 4.69. The second kappa shape index (κ2) is 5.02. The van der Waals surface area contributed by atoms with Crippen LogP contribution in [-0.2, 0) is 12.8 Å². The molecule has 4 heteroatoms. The van der Waals surface area contributed by atoms with E-state index in [1.54, 1.807) is 0 Å². The Labute approximate surface area is 118 Å². The van der Waals surface area contributed by atoms with Gasteiger partial charge in [0.2, 0.25) is 5.89 Å². The van der Waals surface area contributed by atoms with E-state index < -0.39 is 0 Å². The third-order valence-corrected chi connectivity index (χ3v) is 4.56. The minimum atomic E-state index is 0.395. The first-order valence-electron chi connectivity index (χ1n) is 7.51. The number of benzene rings is 1. The van der Waals surface area contributed by atoms with E-state index in [-0.39, 0.29) is 0 Å². The van der Waals surface area contributed by atoms with Crippen molar-refractivity contribution >= 4 is 0 Å². The lowest BCUT2D eigenvalue weighted by Crippen LogP contribution is -2.26. The Morgan fingerprint density at radius 2 is 1.70 bits per heavy atom. The highest BCUT2D eigenvalue weighted by molar-refractivity contribution is 5.34. The molecule has 1 saturated heterocycles. The molecule has 0 spiro atoms. The monoisotopic (exact) mass is 269 g/mol. The highest BCUT2D eigenvalue weighted by atomic mass is 16.5. The van der Waals surface area contributed by atoms with E-state index in [2.05, 4.69) is 34.7 Å². The molecule has 1 aromatic carbocycles. The average Bonchev–Trinajstić information content (AvgIpc) is 3.14. The lowest BCUT2D eigenvalue weighted by Gasteiger charge is -2.18. The molecule has 0 radical (unpaired) electrons. The van der Waals surface area contributed by atoms with Crippen LogP contribution in [0, 0.1) is 0 Å². The Kier molecular flexibility index (Phi) is 3.03. The van der Waals surface area contributed by atoms with Gasteiger partial charge in [-0.2, -0.15) is 4.98 Å². The van der Waals surface area contributed by atoms with Crippen molar-refractivity contribution in [3.63, 3.8) is 0 Å². The first kappa shape index (κ1) is 12.1. The van der Waals surface area contributed by atoms with Gasteiger partial charge in [0.15, 0.2) is 5.82 Å². The molecule has 0 saturated carbocycles. The summed E-state index contributed by atoms with van der Waals surface area (Å²) in [5.74, 6) is 2.58. The molecule has 2 aliphatic rings. The fraction of sp³-hybridized carbons (Fsp3) is 0.500. The Bertz CT molecular complexity index is 576. The van der Waals surface area contributed by atoms with Crippen molar-refractivity contribution in [1.82, 2.24) is 15.5 Å². The van der Waals surface area contributed by atoms with Gasteiger partial charge >= 0.3 is 0 Å². The van der Waals surface area contributed by atoms with Crippen LogP contribution >= 0.6 is 0 Å². The predicted octanol–water partition coefficient (Wildman–Crippen LogP) is 2.42. The lowest BCUT2D eigenvalue weighted by atomic mass is 9.98. The zero-order chi connectivity index (χ0) is 13.4. The van der Waals surface area contributed by atoms with E-state index in [1.165, 1.54) is 11.1 Å². The van der Waals surface area contributed by atoms with Crippen molar-refractivity contribution in [3.05, 3.63) is 47.1 Å². The van der Waals surface area contributed by atoms with E-state index >= 15 is 0 Å². The Morgan fingerprint density at radius 3 is 2.40 bits per heavy atom. The van der Waals surface area contributed by atoms with E-state index in [9.17, 15) is 0 Å². The van der Waals surface area contributed by atoms with Crippen molar-refractivity contribution in [2.24, 2.45) is 0 Å². The molecule has 1 N–H and O–H groups in total. The summed E-state index contributed by atoms with van der Waals surface area (Å²) in [6.45, 7) is 2.11. The molecule has 2 heterocycles. The highest BCUT2D eigenvalue weighted by Gasteiger charge is 2.28. The molecule has 20 heavy (non-hydrogen) atoms. The molecule has 0 bridgehead atoms. The van der Waals surface area contributed by atoms with Crippen LogP contribution in [0.2, 0.25) is 0 Å². The molecule has 1 fully saturated rings. The molecule has 0 atom stereocenters. The largest absolute Gasteiger partial charge is 0.339 e.